The first kappa shape index (κ1) is 22.5. The number of fused-ring (bicyclic) bond motifs is 2. The molecule has 4 N–H and O–H groups in total. The smallest absolute Gasteiger partial charge is 0.272 e. The highest BCUT2D eigenvalue weighted by molar-refractivity contribution is 6.09. The molecule has 5 rings (SSSR count). The second-order valence-corrected chi connectivity index (χ2v) is 8.40. The van der Waals surface area contributed by atoms with Gasteiger partial charge in [0.1, 0.15) is 11.4 Å². The number of nitrogens with one attached hydrogen (secondary N) is 3. The van der Waals surface area contributed by atoms with Crippen LogP contribution in [0.25, 0.3) is 21.7 Å². The largest absolute Gasteiger partial charge is 0.497 e. The Bertz CT molecular complexity index is 1490. The lowest BCUT2D eigenvalue weighted by Crippen LogP contribution is -2.15. The van der Waals surface area contributed by atoms with Gasteiger partial charge in [0, 0.05) is 40.8 Å². The van der Waals surface area contributed by atoms with Crippen LogP contribution in [0, 0.1) is 0 Å². The highest BCUT2D eigenvalue weighted by Crippen LogP contribution is 2.34. The zero-order valence-corrected chi connectivity index (χ0v) is 19.5. The van der Waals surface area contributed by atoms with Crippen molar-refractivity contribution in [3.05, 3.63) is 102 Å². The predicted molar refractivity (Wildman–Crippen MR) is 141 cm³/mol. The number of benzene rings is 4. The van der Waals surface area contributed by atoms with E-state index in [1.54, 1.807) is 7.11 Å². The number of aliphatic hydroxyl groups is 1. The Morgan fingerprint density at radius 2 is 1.69 bits per heavy atom. The number of methoxy groups -OCH3 is 1. The van der Waals surface area contributed by atoms with E-state index in [0.717, 1.165) is 44.2 Å². The van der Waals surface area contributed by atoms with Crippen molar-refractivity contribution >= 4 is 39.0 Å². The van der Waals surface area contributed by atoms with Gasteiger partial charge in [-0.25, -0.2) is 0 Å². The molecular weight excluding hydrogens is 438 g/mol. The Morgan fingerprint density at radius 3 is 2.46 bits per heavy atom. The maximum atomic E-state index is 13.3. The van der Waals surface area contributed by atoms with Crippen LogP contribution in [0.1, 0.15) is 21.6 Å². The normalized spacial score (nSPS) is 11.0. The van der Waals surface area contributed by atoms with E-state index in [1.165, 1.54) is 0 Å². The topological polar surface area (TPSA) is 86.4 Å². The molecule has 0 spiro atoms. The molecule has 0 atom stereocenters. The lowest BCUT2D eigenvalue weighted by molar-refractivity contribution is 0.102. The van der Waals surface area contributed by atoms with E-state index < -0.39 is 0 Å². The van der Waals surface area contributed by atoms with Crippen LogP contribution in [0.5, 0.6) is 5.75 Å². The molecule has 0 radical (unpaired) electrons. The Kier molecular flexibility index (Phi) is 6.37. The van der Waals surface area contributed by atoms with Gasteiger partial charge < -0.3 is 25.5 Å². The molecule has 0 bridgehead atoms. The van der Waals surface area contributed by atoms with Crippen LogP contribution in [0.3, 0.4) is 0 Å². The number of rotatable bonds is 8. The van der Waals surface area contributed by atoms with Crippen molar-refractivity contribution < 1.29 is 14.6 Å². The average Bonchev–Trinajstić information content (AvgIpc) is 3.33. The molecule has 6 nitrogen and oxygen atoms in total. The number of ether oxygens (including phenoxy) is 1. The van der Waals surface area contributed by atoms with E-state index in [2.05, 4.69) is 33.8 Å². The fraction of sp³-hybridized carbons (Fsp3) is 0.138. The van der Waals surface area contributed by atoms with Gasteiger partial charge in [0.25, 0.3) is 5.91 Å². The Morgan fingerprint density at radius 1 is 0.914 bits per heavy atom. The Hall–Kier alpha value is -4.29. The number of carbonyl (C=O) groups is 1. The SMILES string of the molecule is COc1ccc2[nH]c(C(=O)Nc3cc(NCc4ccccc4)c4ccccc4c3CCO)cc2c1. The third-order valence-electron chi connectivity index (χ3n) is 6.16. The molecule has 4 aromatic carbocycles. The van der Waals surface area contributed by atoms with Gasteiger partial charge >= 0.3 is 0 Å². The van der Waals surface area contributed by atoms with Crippen LogP contribution in [-0.4, -0.2) is 29.7 Å². The molecule has 0 aliphatic rings. The third kappa shape index (κ3) is 4.69. The second kappa shape index (κ2) is 9.91. The molecule has 6 heteroatoms. The minimum absolute atomic E-state index is 0.0180. The summed E-state index contributed by atoms with van der Waals surface area (Å²) in [5.74, 6) is 0.487. The van der Waals surface area contributed by atoms with Crippen molar-refractivity contribution in [3.8, 4) is 5.75 Å². The van der Waals surface area contributed by atoms with Gasteiger partial charge in [-0.3, -0.25) is 4.79 Å². The highest BCUT2D eigenvalue weighted by atomic mass is 16.5. The zero-order valence-electron chi connectivity index (χ0n) is 19.5. The number of aromatic amines is 1. The van der Waals surface area contributed by atoms with E-state index in [1.807, 2.05) is 66.7 Å². The lowest BCUT2D eigenvalue weighted by atomic mass is 9.98. The van der Waals surface area contributed by atoms with Gasteiger partial charge in [0.05, 0.1) is 7.11 Å². The maximum Gasteiger partial charge on any atom is 0.272 e. The molecule has 35 heavy (non-hydrogen) atoms. The molecule has 5 aromatic rings. The summed E-state index contributed by atoms with van der Waals surface area (Å²) in [5, 5.41) is 19.3. The monoisotopic (exact) mass is 465 g/mol. The quantitative estimate of drug-likeness (QED) is 0.236. The standard InChI is InChI=1S/C29H27N3O3/c1-35-21-11-12-25-20(15-21)16-28(31-25)29(34)32-27-17-26(30-18-19-7-3-2-4-8-19)23-10-6-5-9-22(23)24(27)13-14-33/h2-12,15-17,30-31,33H,13-14,18H2,1H3,(H,32,34). The van der Waals surface area contributed by atoms with Crippen LogP contribution in [0.15, 0.2) is 84.9 Å². The molecule has 0 unspecified atom stereocenters. The molecule has 1 amide bonds. The Balaban J connectivity index is 1.51. The molecule has 0 fully saturated rings. The van der Waals surface area contributed by atoms with Crippen molar-refractivity contribution in [1.82, 2.24) is 4.98 Å². The molecule has 176 valence electrons. The number of aromatic nitrogens is 1. The van der Waals surface area contributed by atoms with Gasteiger partial charge in [-0.1, -0.05) is 54.6 Å². The summed E-state index contributed by atoms with van der Waals surface area (Å²) in [6.45, 7) is 0.636. The zero-order chi connectivity index (χ0) is 24.2. The summed E-state index contributed by atoms with van der Waals surface area (Å²) < 4.78 is 5.29. The number of anilines is 2. The minimum Gasteiger partial charge on any atom is -0.497 e. The average molecular weight is 466 g/mol. The van der Waals surface area contributed by atoms with Crippen molar-refractivity contribution in [2.75, 3.05) is 24.4 Å². The molecule has 0 saturated heterocycles. The van der Waals surface area contributed by atoms with Crippen LogP contribution in [0.2, 0.25) is 0 Å². The fourth-order valence-electron chi connectivity index (χ4n) is 4.42. The Labute approximate surface area is 203 Å². The fourth-order valence-corrected chi connectivity index (χ4v) is 4.42. The van der Waals surface area contributed by atoms with E-state index in [4.69, 9.17) is 4.74 Å². The summed E-state index contributed by atoms with van der Waals surface area (Å²) in [5.41, 5.74) is 4.97. The number of amides is 1. The summed E-state index contributed by atoms with van der Waals surface area (Å²) in [4.78, 5) is 16.4. The molecule has 0 saturated carbocycles. The van der Waals surface area contributed by atoms with Gasteiger partial charge in [0.15, 0.2) is 0 Å². The van der Waals surface area contributed by atoms with Crippen molar-refractivity contribution in [2.24, 2.45) is 0 Å². The van der Waals surface area contributed by atoms with Crippen LogP contribution >= 0.6 is 0 Å². The predicted octanol–water partition coefficient (Wildman–Crippen LogP) is 5.73. The lowest BCUT2D eigenvalue weighted by Gasteiger charge is -2.18. The summed E-state index contributed by atoms with van der Waals surface area (Å²) in [6, 6.07) is 27.6. The first-order valence-corrected chi connectivity index (χ1v) is 11.6. The van der Waals surface area contributed by atoms with Crippen LogP contribution in [-0.2, 0) is 13.0 Å². The van der Waals surface area contributed by atoms with Crippen molar-refractivity contribution in [1.29, 1.82) is 0 Å². The molecule has 0 aliphatic heterocycles. The molecule has 1 aromatic heterocycles. The second-order valence-electron chi connectivity index (χ2n) is 8.40. The molecule has 0 aliphatic carbocycles. The van der Waals surface area contributed by atoms with E-state index in [9.17, 15) is 9.90 Å². The minimum atomic E-state index is -0.247. The summed E-state index contributed by atoms with van der Waals surface area (Å²) in [6.07, 6.45) is 0.430. The first-order chi connectivity index (χ1) is 17.2. The maximum absolute atomic E-state index is 13.3. The first-order valence-electron chi connectivity index (χ1n) is 11.6. The number of carbonyl (C=O) groups excluding carboxylic acids is 1. The van der Waals surface area contributed by atoms with Crippen molar-refractivity contribution in [2.45, 2.75) is 13.0 Å². The number of hydrogen-bond donors (Lipinski definition) is 4. The van der Waals surface area contributed by atoms with E-state index in [-0.39, 0.29) is 12.5 Å². The van der Waals surface area contributed by atoms with Crippen LogP contribution in [0.4, 0.5) is 11.4 Å². The number of aliphatic hydroxyl groups excluding tert-OH is 1. The van der Waals surface area contributed by atoms with E-state index in [0.29, 0.717) is 24.3 Å². The van der Waals surface area contributed by atoms with E-state index >= 15 is 0 Å². The summed E-state index contributed by atoms with van der Waals surface area (Å²) in [7, 11) is 1.62. The van der Waals surface area contributed by atoms with Gasteiger partial charge in [0.2, 0.25) is 0 Å². The third-order valence-corrected chi connectivity index (χ3v) is 6.16. The highest BCUT2D eigenvalue weighted by Gasteiger charge is 2.16. The van der Waals surface area contributed by atoms with Gasteiger partial charge in [-0.15, -0.1) is 0 Å². The summed E-state index contributed by atoms with van der Waals surface area (Å²) >= 11 is 0. The van der Waals surface area contributed by atoms with Crippen molar-refractivity contribution in [3.63, 3.8) is 0 Å². The van der Waals surface area contributed by atoms with Gasteiger partial charge in [-0.05, 0) is 53.3 Å². The number of hydrogen-bond acceptors (Lipinski definition) is 4. The van der Waals surface area contributed by atoms with Gasteiger partial charge in [-0.2, -0.15) is 0 Å². The molecule has 1 heterocycles. The molecular formula is C29H27N3O3. The van der Waals surface area contributed by atoms with Crippen LogP contribution < -0.4 is 15.4 Å². The number of H-pyrrole nitrogens is 1.